The topological polar surface area (TPSA) is 40.5 Å². The van der Waals surface area contributed by atoms with Crippen molar-refractivity contribution >= 4 is 0 Å². The molecule has 0 amide bonds. The van der Waals surface area contributed by atoms with Gasteiger partial charge in [-0.25, -0.2) is 0 Å². The maximum Gasteiger partial charge on any atom is 0.0525 e. The van der Waals surface area contributed by atoms with Crippen LogP contribution in [-0.2, 0) is 0 Å². The molecule has 3 rings (SSSR count). The third kappa shape index (κ3) is 2.21. The molecule has 21 heavy (non-hydrogen) atoms. The Labute approximate surface area is 129 Å². The Morgan fingerprint density at radius 2 is 1.62 bits per heavy atom. The SMILES string of the molecule is CC1(C)C[C@@]2(C)CC3=C([C@H](CO)C(C)(C)C3)[C@@](CO)(C1)C2. The van der Waals surface area contributed by atoms with Crippen LogP contribution in [0.25, 0.3) is 0 Å². The minimum absolute atomic E-state index is 0.0781. The summed E-state index contributed by atoms with van der Waals surface area (Å²) >= 11 is 0. The molecular weight excluding hydrogens is 260 g/mol. The summed E-state index contributed by atoms with van der Waals surface area (Å²) in [6.07, 6.45) is 5.70. The highest BCUT2D eigenvalue weighted by molar-refractivity contribution is 5.38. The average Bonchev–Trinajstić information content (AvgIpc) is 2.55. The van der Waals surface area contributed by atoms with Gasteiger partial charge in [-0.2, -0.15) is 0 Å². The smallest absolute Gasteiger partial charge is 0.0525 e. The van der Waals surface area contributed by atoms with Crippen molar-refractivity contribution in [2.45, 2.75) is 66.7 Å². The Kier molecular flexibility index (Phi) is 3.22. The minimum Gasteiger partial charge on any atom is -0.396 e. The fourth-order valence-corrected chi connectivity index (χ4v) is 6.75. The van der Waals surface area contributed by atoms with Crippen LogP contribution in [0.1, 0.15) is 66.7 Å². The fraction of sp³-hybridized carbons (Fsp3) is 0.895. The van der Waals surface area contributed by atoms with Crippen LogP contribution in [0.4, 0.5) is 0 Å². The first kappa shape index (κ1) is 15.6. The van der Waals surface area contributed by atoms with Gasteiger partial charge in [0, 0.05) is 11.3 Å². The van der Waals surface area contributed by atoms with Crippen molar-refractivity contribution in [3.63, 3.8) is 0 Å². The molecule has 3 aliphatic carbocycles. The second-order valence-electron chi connectivity index (χ2n) is 10.0. The van der Waals surface area contributed by atoms with E-state index in [9.17, 15) is 10.2 Å². The van der Waals surface area contributed by atoms with Crippen molar-refractivity contribution in [3.8, 4) is 0 Å². The van der Waals surface area contributed by atoms with Crippen LogP contribution in [0.3, 0.4) is 0 Å². The van der Waals surface area contributed by atoms with Crippen molar-refractivity contribution in [1.29, 1.82) is 0 Å². The summed E-state index contributed by atoms with van der Waals surface area (Å²) < 4.78 is 0. The van der Waals surface area contributed by atoms with Gasteiger partial charge in [-0.3, -0.25) is 0 Å². The summed E-state index contributed by atoms with van der Waals surface area (Å²) in [6.45, 7) is 12.2. The van der Waals surface area contributed by atoms with E-state index in [4.69, 9.17) is 0 Å². The first-order valence-electron chi connectivity index (χ1n) is 8.51. The predicted octanol–water partition coefficient (Wildman–Crippen LogP) is 3.92. The van der Waals surface area contributed by atoms with Crippen molar-refractivity contribution in [2.75, 3.05) is 13.2 Å². The van der Waals surface area contributed by atoms with Gasteiger partial charge in [0.25, 0.3) is 0 Å². The van der Waals surface area contributed by atoms with Crippen molar-refractivity contribution in [2.24, 2.45) is 27.6 Å². The molecule has 1 saturated carbocycles. The molecule has 120 valence electrons. The minimum atomic E-state index is -0.0781. The molecule has 2 nitrogen and oxygen atoms in total. The van der Waals surface area contributed by atoms with E-state index in [1.165, 1.54) is 18.4 Å². The number of allylic oxidation sites excluding steroid dienone is 1. The van der Waals surface area contributed by atoms with E-state index in [0.29, 0.717) is 5.41 Å². The molecule has 0 aromatic heterocycles. The number of aliphatic hydroxyl groups is 2. The highest BCUT2D eigenvalue weighted by Gasteiger charge is 2.59. The van der Waals surface area contributed by atoms with Crippen LogP contribution in [0.2, 0.25) is 0 Å². The van der Waals surface area contributed by atoms with Gasteiger partial charge in [0.05, 0.1) is 13.2 Å². The molecule has 2 bridgehead atoms. The van der Waals surface area contributed by atoms with Crippen molar-refractivity contribution in [3.05, 3.63) is 11.1 Å². The molecule has 3 atom stereocenters. The molecule has 0 saturated heterocycles. The monoisotopic (exact) mass is 292 g/mol. The Hall–Kier alpha value is -0.340. The number of hydrogen-bond donors (Lipinski definition) is 2. The molecule has 0 aromatic rings. The second-order valence-corrected chi connectivity index (χ2v) is 10.0. The van der Waals surface area contributed by atoms with E-state index in [1.54, 1.807) is 5.57 Å². The molecule has 3 aliphatic rings. The molecule has 0 spiro atoms. The average molecular weight is 292 g/mol. The standard InChI is InChI=1S/C19H32O2/c1-16(2)9-18(5)7-13-6-17(3,4)14(8-20)15(13)19(10-16,11-18)12-21/h14,20-21H,6-12H2,1-5H3/t14-,18+,19-/m0/s1. The molecule has 0 aromatic carbocycles. The number of rotatable bonds is 2. The highest BCUT2D eigenvalue weighted by atomic mass is 16.3. The van der Waals surface area contributed by atoms with Gasteiger partial charge in [-0.15, -0.1) is 0 Å². The van der Waals surface area contributed by atoms with Crippen molar-refractivity contribution < 1.29 is 10.2 Å². The van der Waals surface area contributed by atoms with E-state index in [0.717, 1.165) is 19.3 Å². The van der Waals surface area contributed by atoms with E-state index in [1.807, 2.05) is 0 Å². The van der Waals surface area contributed by atoms with Crippen LogP contribution in [-0.4, -0.2) is 23.4 Å². The van der Waals surface area contributed by atoms with Gasteiger partial charge in [-0.05, 0) is 48.3 Å². The Morgan fingerprint density at radius 1 is 0.952 bits per heavy atom. The Balaban J connectivity index is 2.13. The van der Waals surface area contributed by atoms with Gasteiger partial charge < -0.3 is 10.2 Å². The zero-order valence-corrected chi connectivity index (χ0v) is 14.4. The zero-order valence-electron chi connectivity index (χ0n) is 14.4. The molecular formula is C19H32O2. The Morgan fingerprint density at radius 3 is 2.19 bits per heavy atom. The summed E-state index contributed by atoms with van der Waals surface area (Å²) in [4.78, 5) is 0. The van der Waals surface area contributed by atoms with Gasteiger partial charge >= 0.3 is 0 Å². The highest BCUT2D eigenvalue weighted by Crippen LogP contribution is 2.68. The molecule has 2 heteroatoms. The first-order chi connectivity index (χ1) is 9.56. The number of fused-ring (bicyclic) bond motifs is 3. The molecule has 0 unspecified atom stereocenters. The third-order valence-electron chi connectivity index (χ3n) is 6.53. The van der Waals surface area contributed by atoms with Crippen molar-refractivity contribution in [1.82, 2.24) is 0 Å². The van der Waals surface area contributed by atoms with Gasteiger partial charge in [-0.1, -0.05) is 45.8 Å². The van der Waals surface area contributed by atoms with E-state index in [2.05, 4.69) is 34.6 Å². The molecule has 0 aliphatic heterocycles. The molecule has 2 N–H and O–H groups in total. The molecule has 0 radical (unpaired) electrons. The number of hydrogen-bond acceptors (Lipinski definition) is 2. The lowest BCUT2D eigenvalue weighted by molar-refractivity contribution is -0.0404. The maximum absolute atomic E-state index is 10.4. The molecule has 1 fully saturated rings. The summed E-state index contributed by atoms with van der Waals surface area (Å²) in [5.74, 6) is 0.234. The van der Waals surface area contributed by atoms with Gasteiger partial charge in [0.2, 0.25) is 0 Å². The normalized spacial score (nSPS) is 43.9. The third-order valence-corrected chi connectivity index (χ3v) is 6.53. The largest absolute Gasteiger partial charge is 0.396 e. The number of aliphatic hydroxyl groups excluding tert-OH is 2. The van der Waals surface area contributed by atoms with E-state index in [-0.39, 0.29) is 35.4 Å². The quantitative estimate of drug-likeness (QED) is 0.757. The summed E-state index contributed by atoms with van der Waals surface area (Å²) in [5.41, 5.74) is 3.68. The van der Waals surface area contributed by atoms with Crippen LogP contribution in [0.5, 0.6) is 0 Å². The van der Waals surface area contributed by atoms with E-state index >= 15 is 0 Å². The lowest BCUT2D eigenvalue weighted by Gasteiger charge is -2.57. The lowest BCUT2D eigenvalue weighted by Crippen LogP contribution is -2.49. The Bertz CT molecular complexity index is 488. The second kappa shape index (κ2) is 4.35. The first-order valence-corrected chi connectivity index (χ1v) is 8.51. The predicted molar refractivity (Wildman–Crippen MR) is 85.9 cm³/mol. The maximum atomic E-state index is 10.4. The zero-order chi connectivity index (χ0) is 15.7. The van der Waals surface area contributed by atoms with Gasteiger partial charge in [0.1, 0.15) is 0 Å². The van der Waals surface area contributed by atoms with Crippen LogP contribution >= 0.6 is 0 Å². The fourth-order valence-electron chi connectivity index (χ4n) is 6.75. The van der Waals surface area contributed by atoms with Crippen LogP contribution in [0.15, 0.2) is 11.1 Å². The lowest BCUT2D eigenvalue weighted by atomic mass is 9.47. The molecule has 0 heterocycles. The van der Waals surface area contributed by atoms with Crippen LogP contribution in [0, 0.1) is 27.6 Å². The van der Waals surface area contributed by atoms with Crippen LogP contribution < -0.4 is 0 Å². The van der Waals surface area contributed by atoms with Gasteiger partial charge in [0.15, 0.2) is 0 Å². The summed E-state index contributed by atoms with van der Waals surface area (Å²) in [7, 11) is 0. The van der Waals surface area contributed by atoms with E-state index < -0.39 is 0 Å². The summed E-state index contributed by atoms with van der Waals surface area (Å²) in [5, 5.41) is 20.4. The summed E-state index contributed by atoms with van der Waals surface area (Å²) in [6, 6.07) is 0.